The maximum absolute atomic E-state index is 10.9. The quantitative estimate of drug-likeness (QED) is 0.545. The third-order valence-electron chi connectivity index (χ3n) is 1.85. The third-order valence-corrected chi connectivity index (χ3v) is 1.85. The van der Waals surface area contributed by atoms with E-state index in [1.54, 1.807) is 6.92 Å². The van der Waals surface area contributed by atoms with E-state index in [0.29, 0.717) is 6.42 Å². The fourth-order valence-electron chi connectivity index (χ4n) is 0.561. The molecule has 0 aliphatic heterocycles. The van der Waals surface area contributed by atoms with Crippen LogP contribution in [0.5, 0.6) is 0 Å². The lowest BCUT2D eigenvalue weighted by molar-refractivity contribution is -0.125. The second-order valence-electron chi connectivity index (χ2n) is 3.14. The summed E-state index contributed by atoms with van der Waals surface area (Å²) < 4.78 is 0. The zero-order valence-electron chi connectivity index (χ0n) is 6.90. The molecule has 0 amide bonds. The first-order valence-corrected chi connectivity index (χ1v) is 3.45. The molecular formula is C9H14O. The van der Waals surface area contributed by atoms with Crippen LogP contribution in [0.2, 0.25) is 0 Å². The van der Waals surface area contributed by atoms with Crippen LogP contribution in [0.3, 0.4) is 0 Å². The summed E-state index contributed by atoms with van der Waals surface area (Å²) in [7, 11) is 0. The molecule has 0 saturated carbocycles. The molecule has 0 unspecified atom stereocenters. The first kappa shape index (κ1) is 9.23. The van der Waals surface area contributed by atoms with Gasteiger partial charge in [0.15, 0.2) is 0 Å². The van der Waals surface area contributed by atoms with Gasteiger partial charge in [0.1, 0.15) is 5.78 Å². The van der Waals surface area contributed by atoms with Crippen molar-refractivity contribution in [1.82, 2.24) is 0 Å². The maximum atomic E-state index is 10.9. The summed E-state index contributed by atoms with van der Waals surface area (Å²) in [6.07, 6.45) is 6.55. The van der Waals surface area contributed by atoms with Crippen molar-refractivity contribution < 1.29 is 4.79 Å². The first-order valence-electron chi connectivity index (χ1n) is 3.45. The van der Waals surface area contributed by atoms with Gasteiger partial charge in [-0.1, -0.05) is 13.8 Å². The summed E-state index contributed by atoms with van der Waals surface area (Å²) in [5, 5.41) is 0. The molecule has 1 nitrogen and oxygen atoms in total. The second kappa shape index (κ2) is 3.41. The Morgan fingerprint density at radius 3 is 2.40 bits per heavy atom. The molecule has 0 radical (unpaired) electrons. The number of hydrogen-bond donors (Lipinski definition) is 0. The minimum atomic E-state index is -0.230. The average molecular weight is 138 g/mol. The summed E-state index contributed by atoms with van der Waals surface area (Å²) in [5.74, 6) is 2.74. The molecule has 0 aliphatic rings. The number of carbonyl (C=O) groups is 1. The molecule has 0 spiro atoms. The molecule has 0 bridgehead atoms. The Morgan fingerprint density at radius 1 is 1.60 bits per heavy atom. The summed E-state index contributed by atoms with van der Waals surface area (Å²) in [5.41, 5.74) is -0.230. The number of Topliss-reactive ketones (excluding diaryl/α,β-unsaturated/α-hetero) is 1. The molecule has 1 heteroatoms. The lowest BCUT2D eigenvalue weighted by atomic mass is 9.84. The lowest BCUT2D eigenvalue weighted by Crippen LogP contribution is -2.20. The van der Waals surface area contributed by atoms with Gasteiger partial charge < -0.3 is 0 Å². The van der Waals surface area contributed by atoms with E-state index < -0.39 is 0 Å². The maximum Gasteiger partial charge on any atom is 0.135 e. The highest BCUT2D eigenvalue weighted by molar-refractivity contribution is 5.81. The van der Waals surface area contributed by atoms with E-state index in [2.05, 4.69) is 5.92 Å². The van der Waals surface area contributed by atoms with Crippen LogP contribution in [-0.2, 0) is 4.79 Å². The van der Waals surface area contributed by atoms with E-state index in [4.69, 9.17) is 6.42 Å². The Hall–Kier alpha value is -0.770. The van der Waals surface area contributed by atoms with Crippen LogP contribution in [0.15, 0.2) is 0 Å². The smallest absolute Gasteiger partial charge is 0.135 e. The van der Waals surface area contributed by atoms with Gasteiger partial charge in [0.05, 0.1) is 0 Å². The van der Waals surface area contributed by atoms with Gasteiger partial charge in [-0.05, 0) is 13.3 Å². The van der Waals surface area contributed by atoms with Gasteiger partial charge in [-0.15, -0.1) is 12.3 Å². The van der Waals surface area contributed by atoms with Gasteiger partial charge in [0.25, 0.3) is 0 Å². The van der Waals surface area contributed by atoms with Crippen LogP contribution in [0, 0.1) is 17.8 Å². The van der Waals surface area contributed by atoms with Crippen molar-refractivity contribution in [2.45, 2.75) is 33.6 Å². The topological polar surface area (TPSA) is 17.1 Å². The van der Waals surface area contributed by atoms with Gasteiger partial charge in [0, 0.05) is 11.8 Å². The predicted octanol–water partition coefficient (Wildman–Crippen LogP) is 2.01. The highest BCUT2D eigenvalue weighted by Crippen LogP contribution is 2.22. The largest absolute Gasteiger partial charge is 0.299 e. The van der Waals surface area contributed by atoms with Crippen LogP contribution in [-0.4, -0.2) is 5.78 Å². The molecule has 0 saturated heterocycles. The number of rotatable bonds is 3. The SMILES string of the molecule is C#CCCC(C)(C)C(C)=O. The van der Waals surface area contributed by atoms with Gasteiger partial charge >= 0.3 is 0 Å². The van der Waals surface area contributed by atoms with Crippen molar-refractivity contribution in [2.24, 2.45) is 5.41 Å². The highest BCUT2D eigenvalue weighted by Gasteiger charge is 2.21. The van der Waals surface area contributed by atoms with E-state index in [9.17, 15) is 4.79 Å². The molecular weight excluding hydrogens is 124 g/mol. The zero-order valence-corrected chi connectivity index (χ0v) is 6.90. The van der Waals surface area contributed by atoms with E-state index in [-0.39, 0.29) is 11.2 Å². The fraction of sp³-hybridized carbons (Fsp3) is 0.667. The predicted molar refractivity (Wildman–Crippen MR) is 42.5 cm³/mol. The number of hydrogen-bond acceptors (Lipinski definition) is 1. The van der Waals surface area contributed by atoms with E-state index in [1.165, 1.54) is 0 Å². The molecule has 0 fully saturated rings. The van der Waals surface area contributed by atoms with Crippen LogP contribution >= 0.6 is 0 Å². The van der Waals surface area contributed by atoms with Crippen LogP contribution < -0.4 is 0 Å². The Kier molecular flexibility index (Phi) is 3.15. The molecule has 0 aromatic rings. The molecule has 0 aromatic heterocycles. The first-order chi connectivity index (χ1) is 4.50. The monoisotopic (exact) mass is 138 g/mol. The second-order valence-corrected chi connectivity index (χ2v) is 3.14. The molecule has 0 heterocycles. The van der Waals surface area contributed by atoms with E-state index in [1.807, 2.05) is 13.8 Å². The lowest BCUT2D eigenvalue weighted by Gasteiger charge is -2.18. The van der Waals surface area contributed by atoms with Gasteiger partial charge in [-0.3, -0.25) is 4.79 Å². The number of terminal acetylenes is 1. The summed E-state index contributed by atoms with van der Waals surface area (Å²) >= 11 is 0. The van der Waals surface area contributed by atoms with Crippen molar-refractivity contribution in [3.05, 3.63) is 0 Å². The third kappa shape index (κ3) is 2.68. The number of ketones is 1. The minimum absolute atomic E-state index is 0.211. The van der Waals surface area contributed by atoms with Crippen LogP contribution in [0.4, 0.5) is 0 Å². The molecule has 0 rings (SSSR count). The van der Waals surface area contributed by atoms with E-state index in [0.717, 1.165) is 6.42 Å². The molecule has 56 valence electrons. The number of carbonyl (C=O) groups excluding carboxylic acids is 1. The van der Waals surface area contributed by atoms with Crippen molar-refractivity contribution in [3.8, 4) is 12.3 Å². The summed E-state index contributed by atoms with van der Waals surface area (Å²) in [4.78, 5) is 10.9. The Morgan fingerprint density at radius 2 is 2.10 bits per heavy atom. The van der Waals surface area contributed by atoms with Crippen molar-refractivity contribution in [2.75, 3.05) is 0 Å². The van der Waals surface area contributed by atoms with Gasteiger partial charge in [-0.2, -0.15) is 0 Å². The summed E-state index contributed by atoms with van der Waals surface area (Å²) in [6.45, 7) is 5.45. The standard InChI is InChI=1S/C9H14O/c1-5-6-7-9(3,4)8(2)10/h1H,6-7H2,2-4H3. The molecule has 0 aliphatic carbocycles. The zero-order chi connectivity index (χ0) is 8.20. The Bertz CT molecular complexity index is 160. The molecule has 0 atom stereocenters. The van der Waals surface area contributed by atoms with Crippen LogP contribution in [0.25, 0.3) is 0 Å². The van der Waals surface area contributed by atoms with Gasteiger partial charge in [-0.25, -0.2) is 0 Å². The highest BCUT2D eigenvalue weighted by atomic mass is 16.1. The Balaban J connectivity index is 3.90. The van der Waals surface area contributed by atoms with Crippen molar-refractivity contribution >= 4 is 5.78 Å². The molecule has 10 heavy (non-hydrogen) atoms. The van der Waals surface area contributed by atoms with Crippen molar-refractivity contribution in [1.29, 1.82) is 0 Å². The van der Waals surface area contributed by atoms with Crippen LogP contribution in [0.1, 0.15) is 33.6 Å². The molecule has 0 aromatic carbocycles. The van der Waals surface area contributed by atoms with E-state index >= 15 is 0 Å². The normalized spacial score (nSPS) is 10.6. The van der Waals surface area contributed by atoms with Crippen molar-refractivity contribution in [3.63, 3.8) is 0 Å². The molecule has 0 N–H and O–H groups in total. The van der Waals surface area contributed by atoms with Gasteiger partial charge in [0.2, 0.25) is 0 Å². The summed E-state index contributed by atoms with van der Waals surface area (Å²) in [6, 6.07) is 0. The average Bonchev–Trinajstić information content (AvgIpc) is 1.84. The Labute approximate surface area is 62.8 Å². The minimum Gasteiger partial charge on any atom is -0.299 e. The fourth-order valence-corrected chi connectivity index (χ4v) is 0.561.